The summed E-state index contributed by atoms with van der Waals surface area (Å²) in [6, 6.07) is 27.5. The SMILES string of the molecule is O=P(C(=NO)c1ccccc1)(c1ccccc1)c1ccccc1. The van der Waals surface area contributed by atoms with Gasteiger partial charge in [-0.15, -0.1) is 0 Å². The van der Waals surface area contributed by atoms with Crippen LogP contribution >= 0.6 is 7.14 Å². The van der Waals surface area contributed by atoms with E-state index in [9.17, 15) is 9.77 Å². The molecule has 0 saturated heterocycles. The van der Waals surface area contributed by atoms with Crippen LogP contribution in [0.1, 0.15) is 5.56 Å². The number of hydrogen-bond donors (Lipinski definition) is 1. The van der Waals surface area contributed by atoms with E-state index in [-0.39, 0.29) is 5.45 Å². The topological polar surface area (TPSA) is 49.7 Å². The summed E-state index contributed by atoms with van der Waals surface area (Å²) in [5.74, 6) is 0. The van der Waals surface area contributed by atoms with Crippen LogP contribution in [0, 0.1) is 0 Å². The van der Waals surface area contributed by atoms with Crippen molar-refractivity contribution < 1.29 is 9.77 Å². The van der Waals surface area contributed by atoms with Crippen molar-refractivity contribution in [3.05, 3.63) is 96.6 Å². The summed E-state index contributed by atoms with van der Waals surface area (Å²) in [7, 11) is -3.26. The molecular formula is C19H16NO2P. The van der Waals surface area contributed by atoms with Crippen LogP contribution in [0.15, 0.2) is 96.2 Å². The standard InChI is InChI=1S/C19H16NO2P/c21-20-19(16-10-4-1-5-11-16)23(22,17-12-6-2-7-13-17)18-14-8-3-9-15-18/h1-15,21H. The van der Waals surface area contributed by atoms with Crippen LogP contribution in [-0.2, 0) is 4.57 Å². The normalized spacial score (nSPS) is 12.1. The van der Waals surface area contributed by atoms with Gasteiger partial charge >= 0.3 is 0 Å². The molecule has 0 amide bonds. The molecule has 0 heterocycles. The van der Waals surface area contributed by atoms with Crippen molar-refractivity contribution in [3.63, 3.8) is 0 Å². The van der Waals surface area contributed by atoms with Gasteiger partial charge in [0.05, 0.1) is 0 Å². The molecule has 0 aliphatic carbocycles. The largest absolute Gasteiger partial charge is 0.410 e. The van der Waals surface area contributed by atoms with E-state index in [4.69, 9.17) is 0 Å². The van der Waals surface area contributed by atoms with Crippen LogP contribution in [0.25, 0.3) is 0 Å². The molecule has 3 rings (SSSR count). The maximum Gasteiger partial charge on any atom is 0.192 e. The summed E-state index contributed by atoms with van der Waals surface area (Å²) >= 11 is 0. The number of benzene rings is 3. The Balaban J connectivity index is 2.27. The van der Waals surface area contributed by atoms with Gasteiger partial charge in [0.2, 0.25) is 0 Å². The lowest BCUT2D eigenvalue weighted by molar-refractivity contribution is 0.320. The van der Waals surface area contributed by atoms with Gasteiger partial charge in [-0.2, -0.15) is 0 Å². The second-order valence-electron chi connectivity index (χ2n) is 5.07. The van der Waals surface area contributed by atoms with Crippen molar-refractivity contribution in [3.8, 4) is 0 Å². The van der Waals surface area contributed by atoms with Crippen molar-refractivity contribution in [1.82, 2.24) is 0 Å². The molecule has 3 nitrogen and oxygen atoms in total. The van der Waals surface area contributed by atoms with E-state index in [0.29, 0.717) is 16.2 Å². The molecule has 0 aliphatic heterocycles. The molecule has 3 aromatic carbocycles. The number of hydrogen-bond acceptors (Lipinski definition) is 3. The highest BCUT2D eigenvalue weighted by molar-refractivity contribution is 7.93. The third-order valence-electron chi connectivity index (χ3n) is 3.66. The van der Waals surface area contributed by atoms with E-state index in [1.807, 2.05) is 78.9 Å². The Bertz CT molecular complexity index is 803. The molecule has 114 valence electrons. The summed E-state index contributed by atoms with van der Waals surface area (Å²) in [6.07, 6.45) is 0. The van der Waals surface area contributed by atoms with Gasteiger partial charge in [0.15, 0.2) is 12.6 Å². The van der Waals surface area contributed by atoms with Crippen molar-refractivity contribution in [2.24, 2.45) is 5.16 Å². The summed E-state index contributed by atoms with van der Waals surface area (Å²) < 4.78 is 14.1. The first-order chi connectivity index (χ1) is 11.3. The highest BCUT2D eigenvalue weighted by atomic mass is 31.2. The molecule has 0 radical (unpaired) electrons. The summed E-state index contributed by atoms with van der Waals surface area (Å²) in [4.78, 5) is 0. The lowest BCUT2D eigenvalue weighted by Gasteiger charge is -2.20. The van der Waals surface area contributed by atoms with E-state index >= 15 is 0 Å². The maximum absolute atomic E-state index is 14.1. The lowest BCUT2D eigenvalue weighted by Crippen LogP contribution is -2.23. The van der Waals surface area contributed by atoms with Crippen LogP contribution in [0.4, 0.5) is 0 Å². The molecule has 0 aliphatic rings. The summed E-state index contributed by atoms with van der Waals surface area (Å²) in [5.41, 5.74) is 0.835. The van der Waals surface area contributed by atoms with Gasteiger partial charge in [0, 0.05) is 16.2 Å². The molecule has 0 bridgehead atoms. The average Bonchev–Trinajstić information content (AvgIpc) is 2.64. The maximum atomic E-state index is 14.1. The predicted molar refractivity (Wildman–Crippen MR) is 94.5 cm³/mol. The molecule has 0 spiro atoms. The average molecular weight is 321 g/mol. The Kier molecular flexibility index (Phi) is 4.40. The molecule has 23 heavy (non-hydrogen) atoms. The number of rotatable bonds is 4. The van der Waals surface area contributed by atoms with Gasteiger partial charge in [-0.1, -0.05) is 96.2 Å². The Labute approximate surface area is 135 Å². The zero-order valence-electron chi connectivity index (χ0n) is 12.4. The molecule has 0 fully saturated rings. The van der Waals surface area contributed by atoms with Gasteiger partial charge < -0.3 is 9.77 Å². The fourth-order valence-corrected chi connectivity index (χ4v) is 5.17. The van der Waals surface area contributed by atoms with E-state index in [2.05, 4.69) is 5.16 Å². The minimum Gasteiger partial charge on any atom is -0.410 e. The minimum absolute atomic E-state index is 0.190. The van der Waals surface area contributed by atoms with Gasteiger partial charge in [-0.3, -0.25) is 0 Å². The fraction of sp³-hybridized carbons (Fsp3) is 0. The first kappa shape index (κ1) is 15.3. The van der Waals surface area contributed by atoms with Gasteiger partial charge in [-0.05, 0) is 0 Å². The van der Waals surface area contributed by atoms with Crippen LogP contribution < -0.4 is 10.6 Å². The first-order valence-electron chi connectivity index (χ1n) is 7.26. The molecule has 0 unspecified atom stereocenters. The third-order valence-corrected chi connectivity index (χ3v) is 6.66. The molecule has 3 aromatic rings. The first-order valence-corrected chi connectivity index (χ1v) is 8.97. The highest BCUT2D eigenvalue weighted by Crippen LogP contribution is 2.47. The van der Waals surface area contributed by atoms with Crippen LogP contribution in [0.2, 0.25) is 0 Å². The van der Waals surface area contributed by atoms with Crippen molar-refractivity contribution in [2.45, 2.75) is 0 Å². The zero-order valence-corrected chi connectivity index (χ0v) is 13.3. The molecule has 1 N–H and O–H groups in total. The Morgan fingerprint density at radius 1 is 0.696 bits per heavy atom. The van der Waals surface area contributed by atoms with Crippen LogP contribution in [-0.4, -0.2) is 10.7 Å². The van der Waals surface area contributed by atoms with Gasteiger partial charge in [0.1, 0.15) is 0 Å². The van der Waals surface area contributed by atoms with E-state index in [1.165, 1.54) is 0 Å². The van der Waals surface area contributed by atoms with Crippen molar-refractivity contribution in [1.29, 1.82) is 0 Å². The number of oxime groups is 1. The van der Waals surface area contributed by atoms with Crippen LogP contribution in [0.5, 0.6) is 0 Å². The molecule has 0 saturated carbocycles. The third kappa shape index (κ3) is 2.84. The van der Waals surface area contributed by atoms with Crippen molar-refractivity contribution >= 4 is 23.2 Å². The Morgan fingerprint density at radius 3 is 1.48 bits per heavy atom. The second-order valence-corrected chi connectivity index (χ2v) is 7.74. The van der Waals surface area contributed by atoms with Crippen molar-refractivity contribution in [2.75, 3.05) is 0 Å². The van der Waals surface area contributed by atoms with E-state index in [1.54, 1.807) is 12.1 Å². The van der Waals surface area contributed by atoms with Crippen LogP contribution in [0.3, 0.4) is 0 Å². The molecule has 0 aromatic heterocycles. The minimum atomic E-state index is -3.26. The fourth-order valence-electron chi connectivity index (χ4n) is 2.56. The second kappa shape index (κ2) is 6.64. The summed E-state index contributed by atoms with van der Waals surface area (Å²) in [5, 5.41) is 14.4. The van der Waals surface area contributed by atoms with Gasteiger partial charge in [0.25, 0.3) is 0 Å². The van der Waals surface area contributed by atoms with E-state index < -0.39 is 7.14 Å². The zero-order chi connectivity index (χ0) is 16.1. The predicted octanol–water partition coefficient (Wildman–Crippen LogP) is 3.84. The molecule has 0 atom stereocenters. The lowest BCUT2D eigenvalue weighted by atomic mass is 10.2. The van der Waals surface area contributed by atoms with Gasteiger partial charge in [-0.25, -0.2) is 0 Å². The molecular weight excluding hydrogens is 305 g/mol. The quantitative estimate of drug-likeness (QED) is 0.343. The monoisotopic (exact) mass is 321 g/mol. The Morgan fingerprint density at radius 2 is 1.09 bits per heavy atom. The molecule has 4 heteroatoms. The smallest absolute Gasteiger partial charge is 0.192 e. The van der Waals surface area contributed by atoms with E-state index in [0.717, 1.165) is 0 Å². The highest BCUT2D eigenvalue weighted by Gasteiger charge is 2.34. The Hall–Kier alpha value is -2.64. The number of nitrogens with zero attached hydrogens (tertiary/aromatic N) is 1. The summed E-state index contributed by atoms with van der Waals surface area (Å²) in [6.45, 7) is 0.